The van der Waals surface area contributed by atoms with Crippen LogP contribution in [0.25, 0.3) is 0 Å². The molecule has 0 amide bonds. The minimum absolute atomic E-state index is 0.595. The van der Waals surface area contributed by atoms with E-state index < -0.39 is 0 Å². The van der Waals surface area contributed by atoms with Crippen LogP contribution in [0.15, 0.2) is 24.3 Å². The monoisotopic (exact) mass is 219 g/mol. The Morgan fingerprint density at radius 1 is 1.31 bits per heavy atom. The fourth-order valence-corrected chi connectivity index (χ4v) is 1.86. The molecule has 2 rings (SSSR count). The van der Waals surface area contributed by atoms with E-state index in [1.807, 2.05) is 0 Å². The molecule has 1 aromatic carbocycles. The summed E-state index contributed by atoms with van der Waals surface area (Å²) in [6.45, 7) is 4.07. The third kappa shape index (κ3) is 3.32. The highest BCUT2D eigenvalue weighted by molar-refractivity contribution is 5.25. The lowest BCUT2D eigenvalue weighted by Gasteiger charge is -2.13. The molecule has 1 aromatic rings. The topological polar surface area (TPSA) is 21.3 Å². The van der Waals surface area contributed by atoms with Gasteiger partial charge >= 0.3 is 0 Å². The summed E-state index contributed by atoms with van der Waals surface area (Å²) in [5.41, 5.74) is 2.65. The van der Waals surface area contributed by atoms with Gasteiger partial charge in [-0.25, -0.2) is 0 Å². The van der Waals surface area contributed by atoms with Gasteiger partial charge in [-0.05, 0) is 29.9 Å². The number of methoxy groups -OCH3 is 1. The zero-order chi connectivity index (χ0) is 11.4. The van der Waals surface area contributed by atoms with Gasteiger partial charge in [-0.1, -0.05) is 31.2 Å². The van der Waals surface area contributed by atoms with Crippen molar-refractivity contribution in [2.45, 2.75) is 38.3 Å². The summed E-state index contributed by atoms with van der Waals surface area (Å²) in [6.07, 6.45) is 2.72. The van der Waals surface area contributed by atoms with Crippen LogP contribution >= 0.6 is 0 Å². The van der Waals surface area contributed by atoms with Crippen LogP contribution in [0.1, 0.15) is 36.8 Å². The lowest BCUT2D eigenvalue weighted by molar-refractivity contribution is 0.185. The van der Waals surface area contributed by atoms with Gasteiger partial charge in [0.2, 0.25) is 0 Å². The van der Waals surface area contributed by atoms with Crippen molar-refractivity contribution in [3.05, 3.63) is 35.4 Å². The number of ether oxygens (including phenoxy) is 1. The molecule has 0 heterocycles. The molecule has 1 atom stereocenters. The second-order valence-electron chi connectivity index (χ2n) is 4.76. The second kappa shape index (κ2) is 5.46. The molecule has 0 radical (unpaired) electrons. The highest BCUT2D eigenvalue weighted by Gasteiger charge is 2.21. The molecule has 1 N–H and O–H groups in total. The SMILES string of the molecule is COCc1ccc(C(C)CNC2CC2)cc1. The highest BCUT2D eigenvalue weighted by atomic mass is 16.5. The van der Waals surface area contributed by atoms with Crippen molar-refractivity contribution in [2.75, 3.05) is 13.7 Å². The zero-order valence-corrected chi connectivity index (χ0v) is 10.2. The van der Waals surface area contributed by atoms with E-state index in [4.69, 9.17) is 4.74 Å². The molecule has 1 unspecified atom stereocenters. The fourth-order valence-electron chi connectivity index (χ4n) is 1.86. The lowest BCUT2D eigenvalue weighted by Crippen LogP contribution is -2.21. The van der Waals surface area contributed by atoms with Gasteiger partial charge in [0.05, 0.1) is 6.61 Å². The molecule has 16 heavy (non-hydrogen) atoms. The first kappa shape index (κ1) is 11.6. The van der Waals surface area contributed by atoms with Crippen molar-refractivity contribution in [2.24, 2.45) is 0 Å². The van der Waals surface area contributed by atoms with Crippen molar-refractivity contribution >= 4 is 0 Å². The normalized spacial score (nSPS) is 17.4. The number of hydrogen-bond acceptors (Lipinski definition) is 2. The maximum absolute atomic E-state index is 5.10. The third-order valence-electron chi connectivity index (χ3n) is 3.15. The zero-order valence-electron chi connectivity index (χ0n) is 10.2. The van der Waals surface area contributed by atoms with Gasteiger partial charge in [-0.2, -0.15) is 0 Å². The van der Waals surface area contributed by atoms with Gasteiger partial charge in [-0.3, -0.25) is 0 Å². The maximum atomic E-state index is 5.10. The molecule has 0 bridgehead atoms. The van der Waals surface area contributed by atoms with Gasteiger partial charge in [-0.15, -0.1) is 0 Å². The Bertz CT molecular complexity index is 316. The van der Waals surface area contributed by atoms with Gasteiger partial charge in [0, 0.05) is 19.7 Å². The van der Waals surface area contributed by atoms with Crippen LogP contribution in [0.4, 0.5) is 0 Å². The molecule has 0 aliphatic heterocycles. The average molecular weight is 219 g/mol. The summed E-state index contributed by atoms with van der Waals surface area (Å²) >= 11 is 0. The summed E-state index contributed by atoms with van der Waals surface area (Å²) in [4.78, 5) is 0. The molecule has 1 aliphatic carbocycles. The molecule has 1 fully saturated rings. The van der Waals surface area contributed by atoms with Crippen LogP contribution in [0.3, 0.4) is 0 Å². The molecule has 0 saturated heterocycles. The van der Waals surface area contributed by atoms with E-state index in [9.17, 15) is 0 Å². The minimum Gasteiger partial charge on any atom is -0.380 e. The minimum atomic E-state index is 0.595. The first-order valence-corrected chi connectivity index (χ1v) is 6.10. The Hall–Kier alpha value is -0.860. The van der Waals surface area contributed by atoms with Crippen molar-refractivity contribution in [3.63, 3.8) is 0 Å². The smallest absolute Gasteiger partial charge is 0.0713 e. The molecule has 0 aromatic heterocycles. The Kier molecular flexibility index (Phi) is 3.97. The number of nitrogens with one attached hydrogen (secondary N) is 1. The molecule has 2 nitrogen and oxygen atoms in total. The van der Waals surface area contributed by atoms with Crippen molar-refractivity contribution < 1.29 is 4.74 Å². The van der Waals surface area contributed by atoms with Crippen molar-refractivity contribution in [1.82, 2.24) is 5.32 Å². The van der Waals surface area contributed by atoms with Crippen LogP contribution < -0.4 is 5.32 Å². The van der Waals surface area contributed by atoms with Crippen LogP contribution in [-0.2, 0) is 11.3 Å². The van der Waals surface area contributed by atoms with Crippen LogP contribution in [0.5, 0.6) is 0 Å². The van der Waals surface area contributed by atoms with Gasteiger partial charge < -0.3 is 10.1 Å². The largest absolute Gasteiger partial charge is 0.380 e. The van der Waals surface area contributed by atoms with Gasteiger partial charge in [0.15, 0.2) is 0 Å². The van der Waals surface area contributed by atoms with E-state index in [0.29, 0.717) is 12.5 Å². The third-order valence-corrected chi connectivity index (χ3v) is 3.15. The van der Waals surface area contributed by atoms with Crippen LogP contribution in [-0.4, -0.2) is 19.7 Å². The summed E-state index contributed by atoms with van der Waals surface area (Å²) in [7, 11) is 1.73. The highest BCUT2D eigenvalue weighted by Crippen LogP contribution is 2.21. The molecular weight excluding hydrogens is 198 g/mol. The van der Waals surface area contributed by atoms with E-state index >= 15 is 0 Å². The van der Waals surface area contributed by atoms with E-state index in [2.05, 4.69) is 36.5 Å². The Balaban J connectivity index is 1.86. The van der Waals surface area contributed by atoms with E-state index in [0.717, 1.165) is 12.6 Å². The molecule has 1 saturated carbocycles. The predicted octanol–water partition coefficient (Wildman–Crippen LogP) is 2.69. The Labute approximate surface area is 98.0 Å². The average Bonchev–Trinajstić information content (AvgIpc) is 3.11. The van der Waals surface area contributed by atoms with Gasteiger partial charge in [0.25, 0.3) is 0 Å². The van der Waals surface area contributed by atoms with E-state index in [-0.39, 0.29) is 0 Å². The Morgan fingerprint density at radius 2 is 2.00 bits per heavy atom. The summed E-state index contributed by atoms with van der Waals surface area (Å²) < 4.78 is 5.10. The number of rotatable bonds is 6. The Morgan fingerprint density at radius 3 is 2.56 bits per heavy atom. The van der Waals surface area contributed by atoms with E-state index in [1.165, 1.54) is 24.0 Å². The van der Waals surface area contributed by atoms with Crippen LogP contribution in [0.2, 0.25) is 0 Å². The summed E-state index contributed by atoms with van der Waals surface area (Å²) in [6, 6.07) is 9.55. The quantitative estimate of drug-likeness (QED) is 0.794. The number of benzene rings is 1. The van der Waals surface area contributed by atoms with Crippen molar-refractivity contribution in [3.8, 4) is 0 Å². The summed E-state index contributed by atoms with van der Waals surface area (Å²) in [5.74, 6) is 0.595. The molecule has 88 valence electrons. The molecule has 2 heteroatoms. The first-order valence-electron chi connectivity index (χ1n) is 6.10. The fraction of sp³-hybridized carbons (Fsp3) is 0.571. The second-order valence-corrected chi connectivity index (χ2v) is 4.76. The molecular formula is C14H21NO. The van der Waals surface area contributed by atoms with Gasteiger partial charge in [0.1, 0.15) is 0 Å². The standard InChI is InChI=1S/C14H21NO/c1-11(9-15-14-7-8-14)13-5-3-12(4-6-13)10-16-2/h3-6,11,14-15H,7-10H2,1-2H3. The van der Waals surface area contributed by atoms with Crippen molar-refractivity contribution in [1.29, 1.82) is 0 Å². The first-order chi connectivity index (χ1) is 7.79. The molecule has 0 spiro atoms. The van der Waals surface area contributed by atoms with E-state index in [1.54, 1.807) is 7.11 Å². The molecule has 1 aliphatic rings. The summed E-state index contributed by atoms with van der Waals surface area (Å²) in [5, 5.41) is 3.57. The predicted molar refractivity (Wildman–Crippen MR) is 66.6 cm³/mol. The maximum Gasteiger partial charge on any atom is 0.0713 e. The lowest BCUT2D eigenvalue weighted by atomic mass is 10.00. The van der Waals surface area contributed by atoms with Crippen LogP contribution in [0, 0.1) is 0 Å². The number of hydrogen-bond donors (Lipinski definition) is 1.